The second-order valence-electron chi connectivity index (χ2n) is 9.76. The summed E-state index contributed by atoms with van der Waals surface area (Å²) in [5.74, 6) is 1.56. The first-order valence-corrected chi connectivity index (χ1v) is 12.5. The van der Waals surface area contributed by atoms with Gasteiger partial charge in [0.2, 0.25) is 5.88 Å². The summed E-state index contributed by atoms with van der Waals surface area (Å²) in [7, 11) is 3.26. The van der Waals surface area contributed by atoms with Crippen molar-refractivity contribution in [1.29, 1.82) is 0 Å². The molecule has 2 heterocycles. The van der Waals surface area contributed by atoms with Crippen molar-refractivity contribution in [2.45, 2.75) is 24.9 Å². The molecule has 7 heteroatoms. The number of carbonyl (C=O) groups excluding carboxylic acids is 1. The molecule has 0 bridgehead atoms. The molecule has 0 aliphatic carbocycles. The average molecular weight is 488 g/mol. The minimum Gasteiger partial charge on any atom is -0.490 e. The van der Waals surface area contributed by atoms with Gasteiger partial charge in [0.05, 0.1) is 5.52 Å². The van der Waals surface area contributed by atoms with Gasteiger partial charge in [-0.3, -0.25) is 0 Å². The Hall–Kier alpha value is -3.55. The van der Waals surface area contributed by atoms with Crippen LogP contribution in [0.3, 0.4) is 0 Å². The summed E-state index contributed by atoms with van der Waals surface area (Å²) in [6, 6.07) is 22.7. The third-order valence-corrected chi connectivity index (χ3v) is 6.89. The van der Waals surface area contributed by atoms with Crippen molar-refractivity contribution < 1.29 is 19.4 Å². The molecule has 4 aromatic rings. The zero-order valence-electron chi connectivity index (χ0n) is 20.8. The molecule has 7 nitrogen and oxygen atoms in total. The van der Waals surface area contributed by atoms with E-state index in [0.717, 1.165) is 36.8 Å². The third kappa shape index (κ3) is 5.48. The normalized spacial score (nSPS) is 15.8. The van der Waals surface area contributed by atoms with Crippen LogP contribution < -0.4 is 9.47 Å². The second kappa shape index (κ2) is 10.6. The maximum Gasteiger partial charge on any atom is 0.415 e. The van der Waals surface area contributed by atoms with Crippen molar-refractivity contribution in [3.8, 4) is 11.6 Å². The predicted octanol–water partition coefficient (Wildman–Crippen LogP) is 5.00. The fourth-order valence-corrected chi connectivity index (χ4v) is 4.92. The van der Waals surface area contributed by atoms with Crippen LogP contribution in [0.1, 0.15) is 24.3 Å². The number of aromatic amines is 1. The highest BCUT2D eigenvalue weighted by Gasteiger charge is 2.23. The highest BCUT2D eigenvalue weighted by molar-refractivity contribution is 5.88. The maximum atomic E-state index is 11.8. The van der Waals surface area contributed by atoms with E-state index in [9.17, 15) is 9.90 Å². The number of H-pyrrole nitrogens is 1. The lowest BCUT2D eigenvalue weighted by atomic mass is 9.88. The Balaban J connectivity index is 1.13. The van der Waals surface area contributed by atoms with E-state index in [1.807, 2.05) is 18.2 Å². The summed E-state index contributed by atoms with van der Waals surface area (Å²) in [5.41, 5.74) is 2.21. The summed E-state index contributed by atoms with van der Waals surface area (Å²) in [6.45, 7) is 2.70. The number of hydrogen-bond acceptors (Lipinski definition) is 5. The molecule has 2 N–H and O–H groups in total. The first-order chi connectivity index (χ1) is 17.5. The molecule has 0 radical (unpaired) electrons. The van der Waals surface area contributed by atoms with Gasteiger partial charge in [0.15, 0.2) is 0 Å². The Morgan fingerprint density at radius 3 is 2.61 bits per heavy atom. The topological polar surface area (TPSA) is 78.0 Å². The molecule has 1 aliphatic rings. The molecule has 5 rings (SSSR count). The number of rotatable bonds is 7. The number of hydrogen-bond donors (Lipinski definition) is 2. The molecule has 1 unspecified atom stereocenters. The van der Waals surface area contributed by atoms with E-state index in [4.69, 9.17) is 9.47 Å². The molecule has 0 saturated carbocycles. The maximum absolute atomic E-state index is 11.8. The third-order valence-electron chi connectivity index (χ3n) is 6.89. The number of amides is 1. The van der Waals surface area contributed by atoms with Gasteiger partial charge in [-0.1, -0.05) is 48.5 Å². The van der Waals surface area contributed by atoms with Crippen LogP contribution in [0.4, 0.5) is 4.79 Å². The fourth-order valence-electron chi connectivity index (χ4n) is 4.92. The first-order valence-electron chi connectivity index (χ1n) is 12.5. The lowest BCUT2D eigenvalue weighted by Crippen LogP contribution is -2.40. The van der Waals surface area contributed by atoms with Crippen LogP contribution in [-0.4, -0.2) is 72.4 Å². The minimum atomic E-state index is -0.595. The Labute approximate surface area is 211 Å². The molecule has 188 valence electrons. The molecule has 1 aliphatic heterocycles. The lowest BCUT2D eigenvalue weighted by molar-refractivity contribution is 0.0599. The van der Waals surface area contributed by atoms with Crippen molar-refractivity contribution >= 4 is 27.8 Å². The predicted molar refractivity (Wildman–Crippen MR) is 142 cm³/mol. The summed E-state index contributed by atoms with van der Waals surface area (Å²) in [5, 5.41) is 14.1. The van der Waals surface area contributed by atoms with Crippen molar-refractivity contribution in [2.75, 3.05) is 40.3 Å². The van der Waals surface area contributed by atoms with Gasteiger partial charge in [-0.05, 0) is 60.3 Å². The molecule has 36 heavy (non-hydrogen) atoms. The van der Waals surface area contributed by atoms with Gasteiger partial charge in [-0.25, -0.2) is 4.79 Å². The highest BCUT2D eigenvalue weighted by atomic mass is 16.6. The summed E-state index contributed by atoms with van der Waals surface area (Å²) in [4.78, 5) is 18.6. The molecule has 1 amide bonds. The van der Waals surface area contributed by atoms with Gasteiger partial charge >= 0.3 is 6.09 Å². The fraction of sp³-hybridized carbons (Fsp3) is 0.345. The number of nitrogens with zero attached hydrogens (tertiary/aromatic N) is 2. The van der Waals surface area contributed by atoms with Crippen LogP contribution in [0, 0.1) is 0 Å². The zero-order valence-corrected chi connectivity index (χ0v) is 20.8. The molecule has 1 fully saturated rings. The number of piperidine rings is 1. The van der Waals surface area contributed by atoms with E-state index in [0.29, 0.717) is 24.1 Å². The Morgan fingerprint density at radius 1 is 1.06 bits per heavy atom. The number of carbonyl (C=O) groups is 1. The quantitative estimate of drug-likeness (QED) is 0.384. The lowest BCUT2D eigenvalue weighted by Gasteiger charge is -2.33. The Morgan fingerprint density at radius 2 is 1.83 bits per heavy atom. The summed E-state index contributed by atoms with van der Waals surface area (Å²) in [6.07, 6.45) is 1.12. The number of aliphatic hydroxyl groups excluding tert-OH is 1. The average Bonchev–Trinajstić information content (AvgIpc) is 3.30. The second-order valence-corrected chi connectivity index (χ2v) is 9.76. The largest absolute Gasteiger partial charge is 0.490 e. The van der Waals surface area contributed by atoms with E-state index in [2.05, 4.69) is 52.3 Å². The number of likely N-dealkylation sites (tertiary alicyclic amines) is 1. The Kier molecular flexibility index (Phi) is 7.11. The van der Waals surface area contributed by atoms with Gasteiger partial charge < -0.3 is 29.4 Å². The van der Waals surface area contributed by atoms with E-state index in [1.54, 1.807) is 20.2 Å². The van der Waals surface area contributed by atoms with Crippen LogP contribution in [-0.2, 0) is 0 Å². The van der Waals surface area contributed by atoms with E-state index < -0.39 is 12.2 Å². The number of β-amino-alcohol motifs (C(OH)–C–C–N with tert-alkyl or cyclic N) is 1. The number of benzene rings is 3. The molecule has 1 saturated heterocycles. The van der Waals surface area contributed by atoms with Crippen LogP contribution in [0.5, 0.6) is 11.6 Å². The molecular weight excluding hydrogens is 454 g/mol. The summed E-state index contributed by atoms with van der Waals surface area (Å²) >= 11 is 0. The number of nitrogens with one attached hydrogen (secondary N) is 1. The number of fused-ring (bicyclic) bond motifs is 2. The van der Waals surface area contributed by atoms with Crippen LogP contribution in [0.25, 0.3) is 21.7 Å². The van der Waals surface area contributed by atoms with E-state index >= 15 is 0 Å². The van der Waals surface area contributed by atoms with E-state index in [1.165, 1.54) is 21.2 Å². The minimum absolute atomic E-state index is 0.196. The van der Waals surface area contributed by atoms with Gasteiger partial charge in [0.1, 0.15) is 18.5 Å². The standard InChI is InChI=1S/C29H33N3O4/c1-31(2)29(34)36-28-17-25-26(30-28)8-5-9-27(25)35-19-24(33)18-32-14-12-21(13-15-32)23-11-10-20-6-3-4-7-22(20)16-23/h3-11,16-17,21,24,30,33H,12-15,18-19H2,1-2H3. The molecule has 3 aromatic carbocycles. The van der Waals surface area contributed by atoms with Gasteiger partial charge in [0.25, 0.3) is 0 Å². The first kappa shape index (κ1) is 24.2. The number of aromatic nitrogens is 1. The van der Waals surface area contributed by atoms with Gasteiger partial charge in [0, 0.05) is 32.1 Å². The smallest absolute Gasteiger partial charge is 0.415 e. The van der Waals surface area contributed by atoms with Crippen LogP contribution in [0.2, 0.25) is 0 Å². The van der Waals surface area contributed by atoms with Crippen molar-refractivity contribution in [2.24, 2.45) is 0 Å². The van der Waals surface area contributed by atoms with Crippen molar-refractivity contribution in [1.82, 2.24) is 14.8 Å². The van der Waals surface area contributed by atoms with Gasteiger partial charge in [-0.2, -0.15) is 0 Å². The Bertz CT molecular complexity index is 1340. The van der Waals surface area contributed by atoms with Crippen LogP contribution in [0.15, 0.2) is 66.7 Å². The molecule has 1 aromatic heterocycles. The molecule has 0 spiro atoms. The van der Waals surface area contributed by atoms with E-state index in [-0.39, 0.29) is 6.61 Å². The van der Waals surface area contributed by atoms with Crippen molar-refractivity contribution in [3.05, 3.63) is 72.3 Å². The van der Waals surface area contributed by atoms with Gasteiger partial charge in [-0.15, -0.1) is 0 Å². The monoisotopic (exact) mass is 487 g/mol. The highest BCUT2D eigenvalue weighted by Crippen LogP contribution is 2.31. The van der Waals surface area contributed by atoms with Crippen molar-refractivity contribution in [3.63, 3.8) is 0 Å². The SMILES string of the molecule is CN(C)C(=O)Oc1cc2c(OCC(O)CN3CCC(c4ccc5ccccc5c4)CC3)cccc2[nH]1. The summed E-state index contributed by atoms with van der Waals surface area (Å²) < 4.78 is 11.3. The zero-order chi connectivity index (χ0) is 25.1. The molecular formula is C29H33N3O4. The molecule has 1 atom stereocenters. The van der Waals surface area contributed by atoms with Crippen LogP contribution >= 0.6 is 0 Å². The number of aliphatic hydroxyl groups is 1. The number of ether oxygens (including phenoxy) is 2.